The van der Waals surface area contributed by atoms with Gasteiger partial charge in [0.15, 0.2) is 0 Å². The zero-order chi connectivity index (χ0) is 13.3. The van der Waals surface area contributed by atoms with Gasteiger partial charge in [0.05, 0.1) is 23.0 Å². The summed E-state index contributed by atoms with van der Waals surface area (Å²) in [6.45, 7) is 2.77. The van der Waals surface area contributed by atoms with E-state index in [0.29, 0.717) is 5.02 Å². The number of hydrogen-bond acceptors (Lipinski definition) is 2. The van der Waals surface area contributed by atoms with E-state index in [1.54, 1.807) is 6.20 Å². The highest BCUT2D eigenvalue weighted by Gasteiger charge is 2.20. The first-order chi connectivity index (χ1) is 8.54. The summed E-state index contributed by atoms with van der Waals surface area (Å²) in [4.78, 5) is 0. The lowest BCUT2D eigenvalue weighted by Gasteiger charge is -2.16. The van der Waals surface area contributed by atoms with E-state index in [0.717, 1.165) is 25.8 Å². The number of aryl methyl sites for hydroxylation is 1. The SMILES string of the molecule is CCn1ncc(Cl)c1C(N)c1cc(Br)ccc1I. The Morgan fingerprint density at radius 3 is 2.94 bits per heavy atom. The van der Waals surface area contributed by atoms with Gasteiger partial charge < -0.3 is 5.73 Å². The molecule has 0 spiro atoms. The van der Waals surface area contributed by atoms with Crippen molar-refractivity contribution in [2.24, 2.45) is 5.73 Å². The highest BCUT2D eigenvalue weighted by atomic mass is 127. The third-order valence-corrected chi connectivity index (χ3v) is 4.49. The van der Waals surface area contributed by atoms with Gasteiger partial charge in [-0.3, -0.25) is 4.68 Å². The fourth-order valence-corrected chi connectivity index (χ4v) is 3.14. The van der Waals surface area contributed by atoms with Crippen LogP contribution in [0.15, 0.2) is 28.9 Å². The molecule has 2 rings (SSSR count). The van der Waals surface area contributed by atoms with Gasteiger partial charge in [0.2, 0.25) is 0 Å². The Hall–Kier alpha value is -0.110. The molecule has 1 atom stereocenters. The minimum absolute atomic E-state index is 0.274. The van der Waals surface area contributed by atoms with Crippen molar-refractivity contribution >= 4 is 50.1 Å². The van der Waals surface area contributed by atoms with Gasteiger partial charge in [0.1, 0.15) is 0 Å². The molecule has 0 radical (unpaired) electrons. The average Bonchev–Trinajstić information content (AvgIpc) is 2.72. The van der Waals surface area contributed by atoms with E-state index < -0.39 is 0 Å². The monoisotopic (exact) mass is 439 g/mol. The fraction of sp³-hybridized carbons (Fsp3) is 0.250. The minimum atomic E-state index is -0.274. The molecule has 1 heterocycles. The Bertz CT molecular complexity index is 570. The van der Waals surface area contributed by atoms with Crippen molar-refractivity contribution in [3.05, 3.63) is 48.7 Å². The quantitative estimate of drug-likeness (QED) is 0.734. The zero-order valence-corrected chi connectivity index (χ0v) is 14.2. The highest BCUT2D eigenvalue weighted by molar-refractivity contribution is 14.1. The lowest BCUT2D eigenvalue weighted by Crippen LogP contribution is -2.18. The summed E-state index contributed by atoms with van der Waals surface area (Å²) in [6, 6.07) is 5.77. The molecule has 0 aliphatic rings. The van der Waals surface area contributed by atoms with E-state index in [4.69, 9.17) is 17.3 Å². The second-order valence-corrected chi connectivity index (χ2v) is 6.32. The van der Waals surface area contributed by atoms with Crippen molar-refractivity contribution in [1.29, 1.82) is 0 Å². The molecular formula is C12H12BrClIN3. The molecule has 0 saturated carbocycles. The Morgan fingerprint density at radius 2 is 2.28 bits per heavy atom. The predicted octanol–water partition coefficient (Wildman–Crippen LogP) is 3.97. The topological polar surface area (TPSA) is 43.8 Å². The molecule has 96 valence electrons. The molecule has 1 unspecified atom stereocenters. The van der Waals surface area contributed by atoms with Crippen LogP contribution in [0.1, 0.15) is 24.2 Å². The van der Waals surface area contributed by atoms with Crippen LogP contribution in [0, 0.1) is 3.57 Å². The zero-order valence-electron chi connectivity index (χ0n) is 9.70. The van der Waals surface area contributed by atoms with Gasteiger partial charge in [-0.25, -0.2) is 0 Å². The number of aromatic nitrogens is 2. The summed E-state index contributed by atoms with van der Waals surface area (Å²) in [5, 5.41) is 4.83. The van der Waals surface area contributed by atoms with Crippen LogP contribution >= 0.6 is 50.1 Å². The molecule has 0 bridgehead atoms. The van der Waals surface area contributed by atoms with E-state index in [9.17, 15) is 0 Å². The molecule has 0 fully saturated rings. The molecule has 3 nitrogen and oxygen atoms in total. The van der Waals surface area contributed by atoms with Crippen molar-refractivity contribution in [2.75, 3.05) is 0 Å². The lowest BCUT2D eigenvalue weighted by atomic mass is 10.0. The van der Waals surface area contributed by atoms with Crippen LogP contribution in [-0.2, 0) is 6.54 Å². The normalized spacial score (nSPS) is 12.7. The second-order valence-electron chi connectivity index (χ2n) is 3.84. The Kier molecular flexibility index (Phi) is 4.69. The third-order valence-electron chi connectivity index (χ3n) is 2.72. The maximum Gasteiger partial charge on any atom is 0.0837 e. The molecule has 0 aliphatic heterocycles. The summed E-state index contributed by atoms with van der Waals surface area (Å²) >= 11 is 11.9. The molecule has 6 heteroatoms. The lowest BCUT2D eigenvalue weighted by molar-refractivity contribution is 0.600. The maximum absolute atomic E-state index is 6.34. The first-order valence-corrected chi connectivity index (χ1v) is 7.71. The number of nitrogens with two attached hydrogens (primary N) is 1. The largest absolute Gasteiger partial charge is 0.319 e. The average molecular weight is 441 g/mol. The van der Waals surface area contributed by atoms with Crippen molar-refractivity contribution < 1.29 is 0 Å². The van der Waals surface area contributed by atoms with Gasteiger partial charge in [-0.15, -0.1) is 0 Å². The van der Waals surface area contributed by atoms with Gasteiger partial charge in [0, 0.05) is 14.6 Å². The molecule has 2 N–H and O–H groups in total. The first-order valence-electron chi connectivity index (χ1n) is 5.46. The van der Waals surface area contributed by atoms with Crippen molar-refractivity contribution in [2.45, 2.75) is 19.5 Å². The number of benzene rings is 1. The minimum Gasteiger partial charge on any atom is -0.319 e. The van der Waals surface area contributed by atoms with Crippen LogP contribution in [0.25, 0.3) is 0 Å². The van der Waals surface area contributed by atoms with E-state index >= 15 is 0 Å². The molecule has 18 heavy (non-hydrogen) atoms. The van der Waals surface area contributed by atoms with Gasteiger partial charge >= 0.3 is 0 Å². The molecule has 2 aromatic rings. The first kappa shape index (κ1) is 14.3. The summed E-state index contributed by atoms with van der Waals surface area (Å²) in [5.74, 6) is 0. The molecule has 1 aromatic heterocycles. The van der Waals surface area contributed by atoms with Crippen LogP contribution in [-0.4, -0.2) is 9.78 Å². The molecule has 0 aliphatic carbocycles. The second kappa shape index (κ2) is 5.90. The predicted molar refractivity (Wildman–Crippen MR) is 85.8 cm³/mol. The van der Waals surface area contributed by atoms with Crippen molar-refractivity contribution in [3.8, 4) is 0 Å². The van der Waals surface area contributed by atoms with E-state index in [1.165, 1.54) is 0 Å². The number of halogens is 3. The van der Waals surface area contributed by atoms with E-state index in [1.807, 2.05) is 29.8 Å². The number of nitrogens with zero attached hydrogens (tertiary/aromatic N) is 2. The number of rotatable bonds is 3. The Balaban J connectivity index is 2.50. The van der Waals surface area contributed by atoms with Gasteiger partial charge in [-0.2, -0.15) is 5.10 Å². The molecule has 1 aromatic carbocycles. The Morgan fingerprint density at radius 1 is 1.56 bits per heavy atom. The van der Waals surface area contributed by atoms with E-state index in [-0.39, 0.29) is 6.04 Å². The number of hydrogen-bond donors (Lipinski definition) is 1. The molecule has 0 saturated heterocycles. The van der Waals surface area contributed by atoms with Crippen LogP contribution in [0.4, 0.5) is 0 Å². The fourth-order valence-electron chi connectivity index (χ4n) is 1.83. The summed E-state index contributed by atoms with van der Waals surface area (Å²) in [7, 11) is 0. The van der Waals surface area contributed by atoms with Crippen LogP contribution in [0.3, 0.4) is 0 Å². The van der Waals surface area contributed by atoms with Crippen molar-refractivity contribution in [3.63, 3.8) is 0 Å². The van der Waals surface area contributed by atoms with E-state index in [2.05, 4.69) is 43.6 Å². The maximum atomic E-state index is 6.34. The summed E-state index contributed by atoms with van der Waals surface area (Å²) < 4.78 is 3.96. The highest BCUT2D eigenvalue weighted by Crippen LogP contribution is 2.30. The standard InChI is InChI=1S/C12H12BrClIN3/c1-2-18-12(9(14)6-17-18)11(16)8-5-7(13)3-4-10(8)15/h3-6,11H,2,16H2,1H3. The van der Waals surface area contributed by atoms with Crippen LogP contribution < -0.4 is 5.73 Å². The van der Waals surface area contributed by atoms with Crippen LogP contribution in [0.5, 0.6) is 0 Å². The summed E-state index contributed by atoms with van der Waals surface area (Å²) in [6.07, 6.45) is 1.64. The van der Waals surface area contributed by atoms with Crippen molar-refractivity contribution in [1.82, 2.24) is 9.78 Å². The Labute approximate surface area is 133 Å². The van der Waals surface area contributed by atoms with Gasteiger partial charge in [-0.05, 0) is 53.3 Å². The summed E-state index contributed by atoms with van der Waals surface area (Å²) in [5.41, 5.74) is 8.24. The molecular weight excluding hydrogens is 428 g/mol. The van der Waals surface area contributed by atoms with Crippen LogP contribution in [0.2, 0.25) is 5.02 Å². The van der Waals surface area contributed by atoms with Gasteiger partial charge in [-0.1, -0.05) is 27.5 Å². The smallest absolute Gasteiger partial charge is 0.0837 e. The molecule has 0 amide bonds. The van der Waals surface area contributed by atoms with Gasteiger partial charge in [0.25, 0.3) is 0 Å². The third kappa shape index (κ3) is 2.74.